The molecule has 1 fully saturated rings. The second-order valence-electron chi connectivity index (χ2n) is 4.03. The van der Waals surface area contributed by atoms with Gasteiger partial charge >= 0.3 is 0 Å². The van der Waals surface area contributed by atoms with Crippen LogP contribution in [-0.2, 0) is 6.42 Å². The molecule has 0 spiro atoms. The lowest BCUT2D eigenvalue weighted by Crippen LogP contribution is -2.36. The SMILES string of the molecule is OC1CCN(CCc2ccc(Cl)s2)CC1. The van der Waals surface area contributed by atoms with E-state index < -0.39 is 0 Å². The summed E-state index contributed by atoms with van der Waals surface area (Å²) < 4.78 is 0.874. The normalized spacial score (nSPS) is 19.6. The molecule has 1 aromatic heterocycles. The summed E-state index contributed by atoms with van der Waals surface area (Å²) in [6.07, 6.45) is 2.85. The van der Waals surface area contributed by atoms with Crippen molar-refractivity contribution < 1.29 is 5.11 Å². The number of hydrogen-bond donors (Lipinski definition) is 1. The molecule has 1 aromatic rings. The Kier molecular flexibility index (Phi) is 4.03. The fourth-order valence-electron chi connectivity index (χ4n) is 1.90. The van der Waals surface area contributed by atoms with Crippen molar-refractivity contribution in [3.8, 4) is 0 Å². The second-order valence-corrected chi connectivity index (χ2v) is 5.83. The van der Waals surface area contributed by atoms with E-state index in [-0.39, 0.29) is 6.10 Å². The van der Waals surface area contributed by atoms with Crippen molar-refractivity contribution in [2.24, 2.45) is 0 Å². The summed E-state index contributed by atoms with van der Waals surface area (Å²) in [6, 6.07) is 4.06. The Hall–Kier alpha value is -0.0900. The molecular weight excluding hydrogens is 230 g/mol. The predicted molar refractivity (Wildman–Crippen MR) is 64.7 cm³/mol. The van der Waals surface area contributed by atoms with Crippen molar-refractivity contribution in [1.82, 2.24) is 4.90 Å². The fraction of sp³-hybridized carbons (Fsp3) is 0.636. The molecule has 0 radical (unpaired) electrons. The van der Waals surface area contributed by atoms with Gasteiger partial charge in [-0.2, -0.15) is 0 Å². The van der Waals surface area contributed by atoms with Gasteiger partial charge in [0.15, 0.2) is 0 Å². The van der Waals surface area contributed by atoms with Gasteiger partial charge in [0.25, 0.3) is 0 Å². The molecule has 1 N–H and O–H groups in total. The summed E-state index contributed by atoms with van der Waals surface area (Å²) in [5, 5.41) is 9.37. The lowest BCUT2D eigenvalue weighted by atomic mass is 10.1. The van der Waals surface area contributed by atoms with Crippen LogP contribution in [0.1, 0.15) is 17.7 Å². The molecule has 0 aromatic carbocycles. The van der Waals surface area contributed by atoms with Gasteiger partial charge in [-0.25, -0.2) is 0 Å². The minimum Gasteiger partial charge on any atom is -0.393 e. The van der Waals surface area contributed by atoms with E-state index in [1.165, 1.54) is 4.88 Å². The van der Waals surface area contributed by atoms with Crippen LogP contribution in [0.15, 0.2) is 12.1 Å². The summed E-state index contributed by atoms with van der Waals surface area (Å²) in [7, 11) is 0. The van der Waals surface area contributed by atoms with E-state index in [2.05, 4.69) is 11.0 Å². The third kappa shape index (κ3) is 3.45. The molecule has 2 rings (SSSR count). The Balaban J connectivity index is 1.74. The fourth-order valence-corrected chi connectivity index (χ4v) is 2.97. The average molecular weight is 246 g/mol. The van der Waals surface area contributed by atoms with Gasteiger partial charge < -0.3 is 10.0 Å². The lowest BCUT2D eigenvalue weighted by molar-refractivity contribution is 0.0833. The van der Waals surface area contributed by atoms with Crippen LogP contribution >= 0.6 is 22.9 Å². The number of piperidine rings is 1. The Morgan fingerprint density at radius 2 is 2.13 bits per heavy atom. The first kappa shape index (κ1) is 11.4. The number of halogens is 1. The van der Waals surface area contributed by atoms with Crippen LogP contribution in [0.2, 0.25) is 4.34 Å². The molecule has 1 aliphatic heterocycles. The first-order chi connectivity index (χ1) is 7.24. The van der Waals surface area contributed by atoms with Gasteiger partial charge in [0.05, 0.1) is 10.4 Å². The zero-order valence-corrected chi connectivity index (χ0v) is 10.2. The number of nitrogens with zero attached hydrogens (tertiary/aromatic N) is 1. The first-order valence-corrected chi connectivity index (χ1v) is 6.58. The Labute approximate surface area is 99.5 Å². The highest BCUT2D eigenvalue weighted by Crippen LogP contribution is 2.22. The summed E-state index contributed by atoms with van der Waals surface area (Å²) in [4.78, 5) is 3.77. The van der Waals surface area contributed by atoms with Crippen molar-refractivity contribution in [2.45, 2.75) is 25.4 Å². The van der Waals surface area contributed by atoms with E-state index in [1.807, 2.05) is 6.07 Å². The quantitative estimate of drug-likeness (QED) is 0.884. The van der Waals surface area contributed by atoms with E-state index in [4.69, 9.17) is 11.6 Å². The number of likely N-dealkylation sites (tertiary alicyclic amines) is 1. The molecule has 0 unspecified atom stereocenters. The van der Waals surface area contributed by atoms with Gasteiger partial charge in [-0.3, -0.25) is 0 Å². The van der Waals surface area contributed by atoms with Gasteiger partial charge in [-0.15, -0.1) is 11.3 Å². The standard InChI is InChI=1S/C11H16ClNOS/c12-11-2-1-10(15-11)5-8-13-6-3-9(14)4-7-13/h1-2,9,14H,3-8H2. The molecule has 0 bridgehead atoms. The first-order valence-electron chi connectivity index (χ1n) is 5.38. The molecule has 2 nitrogen and oxygen atoms in total. The molecule has 4 heteroatoms. The van der Waals surface area contributed by atoms with Crippen molar-refractivity contribution in [1.29, 1.82) is 0 Å². The smallest absolute Gasteiger partial charge is 0.0931 e. The molecule has 0 amide bonds. The van der Waals surface area contributed by atoms with Crippen LogP contribution in [-0.4, -0.2) is 35.7 Å². The van der Waals surface area contributed by atoms with Crippen LogP contribution in [0.4, 0.5) is 0 Å². The highest BCUT2D eigenvalue weighted by molar-refractivity contribution is 7.16. The minimum atomic E-state index is -0.0718. The molecule has 15 heavy (non-hydrogen) atoms. The third-order valence-electron chi connectivity index (χ3n) is 2.86. The molecule has 84 valence electrons. The maximum absolute atomic E-state index is 9.37. The molecule has 1 aliphatic rings. The minimum absolute atomic E-state index is 0.0718. The van der Waals surface area contributed by atoms with Crippen LogP contribution in [0.25, 0.3) is 0 Å². The Morgan fingerprint density at radius 3 is 2.73 bits per heavy atom. The van der Waals surface area contributed by atoms with Crippen LogP contribution in [0, 0.1) is 0 Å². The van der Waals surface area contributed by atoms with Gasteiger partial charge in [0, 0.05) is 24.5 Å². The predicted octanol–water partition coefficient (Wildman–Crippen LogP) is 2.40. The number of aliphatic hydroxyl groups excluding tert-OH is 1. The zero-order valence-electron chi connectivity index (χ0n) is 8.66. The van der Waals surface area contributed by atoms with Gasteiger partial charge in [-0.1, -0.05) is 11.6 Å². The van der Waals surface area contributed by atoms with E-state index in [0.717, 1.165) is 43.2 Å². The molecular formula is C11H16ClNOS. The van der Waals surface area contributed by atoms with Crippen molar-refractivity contribution in [3.63, 3.8) is 0 Å². The highest BCUT2D eigenvalue weighted by Gasteiger charge is 2.16. The zero-order chi connectivity index (χ0) is 10.7. The monoisotopic (exact) mass is 245 g/mol. The number of aliphatic hydroxyl groups is 1. The number of rotatable bonds is 3. The van der Waals surface area contributed by atoms with Gasteiger partial charge in [0.1, 0.15) is 0 Å². The Bertz CT molecular complexity index is 307. The molecule has 0 atom stereocenters. The van der Waals surface area contributed by atoms with Crippen LogP contribution in [0.5, 0.6) is 0 Å². The molecule has 1 saturated heterocycles. The number of thiophene rings is 1. The summed E-state index contributed by atoms with van der Waals surface area (Å²) in [6.45, 7) is 3.14. The van der Waals surface area contributed by atoms with Crippen LogP contribution in [0.3, 0.4) is 0 Å². The highest BCUT2D eigenvalue weighted by atomic mass is 35.5. The number of hydrogen-bond acceptors (Lipinski definition) is 3. The maximum atomic E-state index is 9.37. The summed E-state index contributed by atoms with van der Waals surface area (Å²) >= 11 is 7.54. The topological polar surface area (TPSA) is 23.5 Å². The molecule has 0 saturated carbocycles. The summed E-state index contributed by atoms with van der Waals surface area (Å²) in [5.74, 6) is 0. The van der Waals surface area contributed by atoms with E-state index in [1.54, 1.807) is 11.3 Å². The molecule has 2 heterocycles. The van der Waals surface area contributed by atoms with E-state index >= 15 is 0 Å². The third-order valence-corrected chi connectivity index (χ3v) is 4.15. The van der Waals surface area contributed by atoms with Gasteiger partial charge in [-0.05, 0) is 31.4 Å². The Morgan fingerprint density at radius 1 is 1.40 bits per heavy atom. The second kappa shape index (κ2) is 5.30. The van der Waals surface area contributed by atoms with Gasteiger partial charge in [0.2, 0.25) is 0 Å². The average Bonchev–Trinajstić information content (AvgIpc) is 2.64. The molecule has 0 aliphatic carbocycles. The largest absolute Gasteiger partial charge is 0.393 e. The lowest BCUT2D eigenvalue weighted by Gasteiger charge is -2.29. The van der Waals surface area contributed by atoms with Crippen LogP contribution < -0.4 is 0 Å². The van der Waals surface area contributed by atoms with E-state index in [9.17, 15) is 5.11 Å². The van der Waals surface area contributed by atoms with E-state index in [0.29, 0.717) is 0 Å². The summed E-state index contributed by atoms with van der Waals surface area (Å²) in [5.41, 5.74) is 0. The van der Waals surface area contributed by atoms with Crippen molar-refractivity contribution in [2.75, 3.05) is 19.6 Å². The van der Waals surface area contributed by atoms with Crippen molar-refractivity contribution >= 4 is 22.9 Å². The van der Waals surface area contributed by atoms with Crippen molar-refractivity contribution in [3.05, 3.63) is 21.3 Å². The maximum Gasteiger partial charge on any atom is 0.0931 e.